The lowest BCUT2D eigenvalue weighted by Gasteiger charge is -2.19. The number of likely N-dealkylation sites (N-methyl/N-ethyl adjacent to an activating group) is 1. The van der Waals surface area contributed by atoms with E-state index >= 15 is 0 Å². The first-order valence-corrected chi connectivity index (χ1v) is 6.58. The molecule has 0 heterocycles. The average molecular weight is 262 g/mol. The Kier molecular flexibility index (Phi) is 6.27. The molecular formula is C8H17F3N2O2S. The zero-order valence-corrected chi connectivity index (χ0v) is 9.94. The summed E-state index contributed by atoms with van der Waals surface area (Å²) in [5.74, 6) is -0.486. The molecule has 0 radical (unpaired) electrons. The molecule has 98 valence electrons. The van der Waals surface area contributed by atoms with Gasteiger partial charge in [0.1, 0.15) is 0 Å². The van der Waals surface area contributed by atoms with Crippen LogP contribution in [0.2, 0.25) is 0 Å². The Hall–Kier alpha value is -0.340. The van der Waals surface area contributed by atoms with E-state index in [4.69, 9.17) is 5.73 Å². The molecule has 4 nitrogen and oxygen atoms in total. The summed E-state index contributed by atoms with van der Waals surface area (Å²) in [6, 6.07) is 0. The van der Waals surface area contributed by atoms with Crippen LogP contribution >= 0.6 is 0 Å². The molecule has 0 amide bonds. The van der Waals surface area contributed by atoms with Crippen molar-refractivity contribution in [3.8, 4) is 0 Å². The van der Waals surface area contributed by atoms with Gasteiger partial charge in [0, 0.05) is 26.1 Å². The van der Waals surface area contributed by atoms with E-state index in [0.29, 0.717) is 0 Å². The lowest BCUT2D eigenvalue weighted by atomic mass is 10.3. The molecule has 0 aliphatic rings. The maximum Gasteiger partial charge on any atom is 0.389 e. The molecule has 0 unspecified atom stereocenters. The third-order valence-electron chi connectivity index (χ3n) is 1.99. The molecule has 0 spiro atoms. The molecule has 0 aliphatic heterocycles. The SMILES string of the molecule is CCN(CCN)S(=O)(=O)CCCC(F)(F)F. The van der Waals surface area contributed by atoms with Crippen molar-refractivity contribution >= 4 is 10.0 Å². The number of hydrogen-bond donors (Lipinski definition) is 1. The standard InChI is InChI=1S/C8H17F3N2O2S/c1-2-13(6-5-12)16(14,15)7-3-4-8(9,10)11/h2-7,12H2,1H3. The van der Waals surface area contributed by atoms with Gasteiger partial charge in [-0.2, -0.15) is 13.2 Å². The second-order valence-electron chi connectivity index (χ2n) is 3.32. The van der Waals surface area contributed by atoms with Crippen LogP contribution in [0.15, 0.2) is 0 Å². The van der Waals surface area contributed by atoms with Gasteiger partial charge >= 0.3 is 6.18 Å². The molecular weight excluding hydrogens is 245 g/mol. The topological polar surface area (TPSA) is 63.4 Å². The Morgan fingerprint density at radius 1 is 1.31 bits per heavy atom. The van der Waals surface area contributed by atoms with E-state index in [0.717, 1.165) is 4.31 Å². The van der Waals surface area contributed by atoms with Gasteiger partial charge in [0.05, 0.1) is 5.75 Å². The number of rotatable bonds is 7. The number of nitrogens with two attached hydrogens (primary N) is 1. The van der Waals surface area contributed by atoms with Crippen molar-refractivity contribution in [2.75, 3.05) is 25.4 Å². The van der Waals surface area contributed by atoms with Gasteiger partial charge < -0.3 is 5.73 Å². The first-order chi connectivity index (χ1) is 7.23. The molecule has 0 aromatic heterocycles. The minimum absolute atomic E-state index is 0.144. The quantitative estimate of drug-likeness (QED) is 0.742. The highest BCUT2D eigenvalue weighted by Gasteiger charge is 2.28. The summed E-state index contributed by atoms with van der Waals surface area (Å²) in [7, 11) is -3.60. The Bertz CT molecular complexity index is 290. The van der Waals surface area contributed by atoms with Gasteiger partial charge in [-0.25, -0.2) is 12.7 Å². The smallest absolute Gasteiger partial charge is 0.329 e. The van der Waals surface area contributed by atoms with E-state index < -0.39 is 34.8 Å². The van der Waals surface area contributed by atoms with Gasteiger partial charge in [0.25, 0.3) is 0 Å². The maximum atomic E-state index is 11.8. The first-order valence-electron chi connectivity index (χ1n) is 4.97. The summed E-state index contributed by atoms with van der Waals surface area (Å²) in [6.07, 6.45) is -5.79. The van der Waals surface area contributed by atoms with Gasteiger partial charge in [0.15, 0.2) is 0 Å². The molecule has 0 aliphatic carbocycles. The van der Waals surface area contributed by atoms with Crippen LogP contribution in [0.25, 0.3) is 0 Å². The van der Waals surface area contributed by atoms with Gasteiger partial charge in [-0.3, -0.25) is 0 Å². The normalized spacial score (nSPS) is 13.4. The van der Waals surface area contributed by atoms with Crippen molar-refractivity contribution in [2.45, 2.75) is 25.9 Å². The van der Waals surface area contributed by atoms with Crippen molar-refractivity contribution < 1.29 is 21.6 Å². The molecule has 0 aromatic rings. The third kappa shape index (κ3) is 6.29. The molecule has 2 N–H and O–H groups in total. The van der Waals surface area contributed by atoms with E-state index in [-0.39, 0.29) is 19.6 Å². The summed E-state index contributed by atoms with van der Waals surface area (Å²) < 4.78 is 59.7. The van der Waals surface area contributed by atoms with Crippen molar-refractivity contribution in [3.63, 3.8) is 0 Å². The van der Waals surface area contributed by atoms with Crippen LogP contribution < -0.4 is 5.73 Å². The lowest BCUT2D eigenvalue weighted by molar-refractivity contribution is -0.134. The predicted molar refractivity (Wildman–Crippen MR) is 55.4 cm³/mol. The van der Waals surface area contributed by atoms with Crippen LogP contribution in [0.3, 0.4) is 0 Å². The van der Waals surface area contributed by atoms with Crippen LogP contribution in [0, 0.1) is 0 Å². The average Bonchev–Trinajstić information content (AvgIpc) is 2.11. The summed E-state index contributed by atoms with van der Waals surface area (Å²) in [5, 5.41) is 0. The summed E-state index contributed by atoms with van der Waals surface area (Å²) >= 11 is 0. The minimum Gasteiger partial charge on any atom is -0.329 e. The molecule has 8 heteroatoms. The fraction of sp³-hybridized carbons (Fsp3) is 1.00. The second-order valence-corrected chi connectivity index (χ2v) is 5.40. The molecule has 0 fully saturated rings. The van der Waals surface area contributed by atoms with E-state index in [1.54, 1.807) is 6.92 Å². The molecule has 16 heavy (non-hydrogen) atoms. The monoisotopic (exact) mass is 262 g/mol. The van der Waals surface area contributed by atoms with Gasteiger partial charge in [-0.05, 0) is 6.42 Å². The van der Waals surface area contributed by atoms with Crippen LogP contribution in [-0.4, -0.2) is 44.3 Å². The molecule has 0 bridgehead atoms. The molecule has 0 rings (SSSR count). The van der Waals surface area contributed by atoms with Crippen molar-refractivity contribution in [1.82, 2.24) is 4.31 Å². The summed E-state index contributed by atoms with van der Waals surface area (Å²) in [5.41, 5.74) is 5.21. The summed E-state index contributed by atoms with van der Waals surface area (Å²) in [4.78, 5) is 0. The second kappa shape index (κ2) is 6.41. The van der Waals surface area contributed by atoms with Crippen LogP contribution in [0.4, 0.5) is 13.2 Å². The largest absolute Gasteiger partial charge is 0.389 e. The van der Waals surface area contributed by atoms with Gasteiger partial charge in [0.2, 0.25) is 10.0 Å². The van der Waals surface area contributed by atoms with E-state index in [1.165, 1.54) is 0 Å². The highest BCUT2D eigenvalue weighted by molar-refractivity contribution is 7.89. The number of nitrogens with zero attached hydrogens (tertiary/aromatic N) is 1. The number of halogens is 3. The molecule has 0 atom stereocenters. The molecule has 0 saturated carbocycles. The fourth-order valence-electron chi connectivity index (χ4n) is 1.22. The Balaban J connectivity index is 4.23. The van der Waals surface area contributed by atoms with E-state index in [9.17, 15) is 21.6 Å². The lowest BCUT2D eigenvalue weighted by Crippen LogP contribution is -2.36. The maximum absolute atomic E-state index is 11.8. The van der Waals surface area contributed by atoms with Gasteiger partial charge in [-0.15, -0.1) is 0 Å². The zero-order chi connectivity index (χ0) is 12.8. The van der Waals surface area contributed by atoms with Crippen LogP contribution in [0.1, 0.15) is 19.8 Å². The Labute approximate surface area is 93.7 Å². The van der Waals surface area contributed by atoms with Crippen molar-refractivity contribution in [3.05, 3.63) is 0 Å². The number of alkyl halides is 3. The molecule has 0 aromatic carbocycles. The first kappa shape index (κ1) is 15.7. The number of sulfonamides is 1. The predicted octanol–water partition coefficient (Wildman–Crippen LogP) is 0.939. The Morgan fingerprint density at radius 3 is 2.25 bits per heavy atom. The Morgan fingerprint density at radius 2 is 1.88 bits per heavy atom. The fourth-order valence-corrected chi connectivity index (χ4v) is 2.77. The van der Waals surface area contributed by atoms with Crippen molar-refractivity contribution in [1.29, 1.82) is 0 Å². The van der Waals surface area contributed by atoms with Crippen molar-refractivity contribution in [2.24, 2.45) is 5.73 Å². The molecule has 0 saturated heterocycles. The highest BCUT2D eigenvalue weighted by atomic mass is 32.2. The zero-order valence-electron chi connectivity index (χ0n) is 9.13. The highest BCUT2D eigenvalue weighted by Crippen LogP contribution is 2.21. The van der Waals surface area contributed by atoms with E-state index in [1.807, 2.05) is 0 Å². The number of hydrogen-bond acceptors (Lipinski definition) is 3. The van der Waals surface area contributed by atoms with Crippen LogP contribution in [0.5, 0.6) is 0 Å². The minimum atomic E-state index is -4.31. The van der Waals surface area contributed by atoms with E-state index in [2.05, 4.69) is 0 Å². The van der Waals surface area contributed by atoms with Gasteiger partial charge in [-0.1, -0.05) is 6.92 Å². The van der Waals surface area contributed by atoms with Crippen LogP contribution in [-0.2, 0) is 10.0 Å². The third-order valence-corrected chi connectivity index (χ3v) is 4.02. The summed E-state index contributed by atoms with van der Waals surface area (Å²) in [6.45, 7) is 2.15.